The average molecular weight is 282 g/mol. The number of nitrogens with one attached hydrogen (secondary N) is 1. The number of halogens is 4. The molecule has 0 unspecified atom stereocenters. The van der Waals surface area contributed by atoms with Crippen molar-refractivity contribution in [3.63, 3.8) is 0 Å². The van der Waals surface area contributed by atoms with Crippen LogP contribution in [0.5, 0.6) is 0 Å². The minimum Gasteiger partial charge on any atom is -0.309 e. The molecule has 1 aliphatic rings. The summed E-state index contributed by atoms with van der Waals surface area (Å²) < 4.78 is 52.7. The van der Waals surface area contributed by atoms with Crippen LogP contribution in [-0.2, 0) is 19.3 Å². The Hall–Kier alpha value is -1.95. The van der Waals surface area contributed by atoms with Crippen LogP contribution >= 0.6 is 0 Å². The molecule has 1 aromatic heterocycles. The van der Waals surface area contributed by atoms with Gasteiger partial charge in [0, 0.05) is 24.8 Å². The van der Waals surface area contributed by atoms with Gasteiger partial charge in [-0.3, -0.25) is 0 Å². The Morgan fingerprint density at radius 2 is 1.80 bits per heavy atom. The molecule has 0 fully saturated rings. The molecular weight excluding hydrogens is 272 g/mol. The quantitative estimate of drug-likeness (QED) is 0.639. The number of pyridine rings is 1. The number of fused-ring (bicyclic) bond motifs is 1. The monoisotopic (exact) mass is 282 g/mol. The first-order chi connectivity index (χ1) is 9.47. The summed E-state index contributed by atoms with van der Waals surface area (Å²) in [4.78, 5) is 3.34. The first-order valence-electron chi connectivity index (χ1n) is 6.01. The molecule has 2 heterocycles. The fraction of sp³-hybridized carbons (Fsp3) is 0.214. The second kappa shape index (κ2) is 4.56. The maximum Gasteiger partial charge on any atom is 0.417 e. The van der Waals surface area contributed by atoms with Crippen LogP contribution in [0.1, 0.15) is 16.7 Å². The van der Waals surface area contributed by atoms with Crippen LogP contribution in [0.25, 0.3) is 11.1 Å². The van der Waals surface area contributed by atoms with Crippen molar-refractivity contribution < 1.29 is 17.6 Å². The lowest BCUT2D eigenvalue weighted by Gasteiger charge is -2.13. The SMILES string of the molecule is Fc1nccc(C(F)(F)F)c1-c1ccc2c(c1)CNC2. The average Bonchev–Trinajstić information content (AvgIpc) is 2.84. The molecule has 104 valence electrons. The molecule has 0 bridgehead atoms. The van der Waals surface area contributed by atoms with Gasteiger partial charge in [0.05, 0.1) is 5.56 Å². The van der Waals surface area contributed by atoms with Crippen LogP contribution in [0.2, 0.25) is 0 Å². The van der Waals surface area contributed by atoms with Gasteiger partial charge < -0.3 is 5.32 Å². The van der Waals surface area contributed by atoms with Crippen molar-refractivity contribution in [2.75, 3.05) is 0 Å². The van der Waals surface area contributed by atoms with Crippen LogP contribution in [0, 0.1) is 5.95 Å². The topological polar surface area (TPSA) is 24.9 Å². The molecule has 3 rings (SSSR count). The molecule has 2 aromatic rings. The molecule has 0 spiro atoms. The second-order valence-electron chi connectivity index (χ2n) is 4.61. The number of aromatic nitrogens is 1. The van der Waals surface area contributed by atoms with Crippen LogP contribution < -0.4 is 5.32 Å². The van der Waals surface area contributed by atoms with Crippen molar-refractivity contribution >= 4 is 0 Å². The summed E-state index contributed by atoms with van der Waals surface area (Å²) in [5.74, 6) is -1.11. The second-order valence-corrected chi connectivity index (χ2v) is 4.61. The van der Waals surface area contributed by atoms with E-state index in [4.69, 9.17) is 0 Å². The van der Waals surface area contributed by atoms with E-state index < -0.39 is 23.3 Å². The van der Waals surface area contributed by atoms with E-state index in [1.54, 1.807) is 12.1 Å². The van der Waals surface area contributed by atoms with E-state index in [0.717, 1.165) is 23.4 Å². The first kappa shape index (κ1) is 13.1. The smallest absolute Gasteiger partial charge is 0.309 e. The Labute approximate surface area is 112 Å². The zero-order chi connectivity index (χ0) is 14.3. The number of rotatable bonds is 1. The Morgan fingerprint density at radius 1 is 1.05 bits per heavy atom. The van der Waals surface area contributed by atoms with Gasteiger partial charge in [-0.2, -0.15) is 17.6 Å². The number of benzene rings is 1. The Balaban J connectivity index is 2.19. The summed E-state index contributed by atoms with van der Waals surface area (Å²) in [5.41, 5.74) is 0.612. The van der Waals surface area contributed by atoms with Crippen LogP contribution in [0.4, 0.5) is 17.6 Å². The molecule has 0 aliphatic carbocycles. The van der Waals surface area contributed by atoms with E-state index in [-0.39, 0.29) is 5.56 Å². The van der Waals surface area contributed by atoms with Gasteiger partial charge in [0.2, 0.25) is 5.95 Å². The van der Waals surface area contributed by atoms with E-state index in [0.29, 0.717) is 13.1 Å². The first-order valence-corrected chi connectivity index (χ1v) is 6.01. The Bertz CT molecular complexity index is 665. The maximum atomic E-state index is 13.8. The van der Waals surface area contributed by atoms with Crippen molar-refractivity contribution in [2.45, 2.75) is 19.3 Å². The largest absolute Gasteiger partial charge is 0.417 e. The summed E-state index contributed by atoms with van der Waals surface area (Å²) in [6, 6.07) is 5.60. The molecule has 2 nitrogen and oxygen atoms in total. The van der Waals surface area contributed by atoms with Crippen molar-refractivity contribution in [3.8, 4) is 11.1 Å². The Morgan fingerprint density at radius 3 is 2.55 bits per heavy atom. The zero-order valence-corrected chi connectivity index (χ0v) is 10.3. The lowest BCUT2D eigenvalue weighted by Crippen LogP contribution is -2.09. The molecule has 0 amide bonds. The van der Waals surface area contributed by atoms with Crippen molar-refractivity contribution in [3.05, 3.63) is 53.1 Å². The highest BCUT2D eigenvalue weighted by molar-refractivity contribution is 5.69. The van der Waals surface area contributed by atoms with E-state index in [9.17, 15) is 17.6 Å². The Kier molecular flexibility index (Phi) is 2.97. The van der Waals surface area contributed by atoms with Gasteiger partial charge >= 0.3 is 6.18 Å². The zero-order valence-electron chi connectivity index (χ0n) is 10.3. The van der Waals surface area contributed by atoms with Crippen molar-refractivity contribution in [2.24, 2.45) is 0 Å². The van der Waals surface area contributed by atoms with Gasteiger partial charge in [0.25, 0.3) is 0 Å². The highest BCUT2D eigenvalue weighted by Crippen LogP contribution is 2.38. The minimum atomic E-state index is -4.61. The van der Waals surface area contributed by atoms with Gasteiger partial charge in [-0.25, -0.2) is 4.98 Å². The van der Waals surface area contributed by atoms with E-state index in [1.807, 2.05) is 0 Å². The number of hydrogen-bond donors (Lipinski definition) is 1. The number of hydrogen-bond acceptors (Lipinski definition) is 2. The molecule has 0 atom stereocenters. The summed E-state index contributed by atoms with van der Waals surface area (Å²) in [7, 11) is 0. The van der Waals surface area contributed by atoms with Gasteiger partial charge in [-0.1, -0.05) is 12.1 Å². The molecule has 0 saturated carbocycles. The minimum absolute atomic E-state index is 0.199. The standard InChI is InChI=1S/C14H10F4N2/c15-13-12(11(3-4-20-13)14(16,17)18)8-1-2-9-6-19-7-10(9)5-8/h1-5,19H,6-7H2. The van der Waals surface area contributed by atoms with E-state index >= 15 is 0 Å². The predicted molar refractivity (Wildman–Crippen MR) is 65.2 cm³/mol. The molecule has 1 aromatic carbocycles. The third-order valence-electron chi connectivity index (χ3n) is 3.34. The molecule has 1 N–H and O–H groups in total. The van der Waals surface area contributed by atoms with Gasteiger partial charge in [0.1, 0.15) is 0 Å². The molecule has 6 heteroatoms. The fourth-order valence-corrected chi connectivity index (χ4v) is 2.40. The van der Waals surface area contributed by atoms with E-state index in [2.05, 4.69) is 10.3 Å². The molecule has 20 heavy (non-hydrogen) atoms. The lowest BCUT2D eigenvalue weighted by atomic mass is 9.97. The lowest BCUT2D eigenvalue weighted by molar-refractivity contribution is -0.137. The fourth-order valence-electron chi connectivity index (χ4n) is 2.40. The maximum absolute atomic E-state index is 13.8. The van der Waals surface area contributed by atoms with Gasteiger partial charge in [-0.05, 0) is 28.8 Å². The van der Waals surface area contributed by atoms with Crippen LogP contribution in [0.3, 0.4) is 0 Å². The molecule has 0 radical (unpaired) electrons. The summed E-state index contributed by atoms with van der Waals surface area (Å²) in [6.45, 7) is 1.25. The van der Waals surface area contributed by atoms with Gasteiger partial charge in [0.15, 0.2) is 0 Å². The van der Waals surface area contributed by atoms with Crippen molar-refractivity contribution in [1.29, 1.82) is 0 Å². The highest BCUT2D eigenvalue weighted by atomic mass is 19.4. The molecule has 0 saturated heterocycles. The summed E-state index contributed by atoms with van der Waals surface area (Å²) in [6.07, 6.45) is -3.78. The van der Waals surface area contributed by atoms with E-state index in [1.165, 1.54) is 6.07 Å². The summed E-state index contributed by atoms with van der Waals surface area (Å²) in [5, 5.41) is 3.09. The number of alkyl halides is 3. The predicted octanol–water partition coefficient (Wildman–Crippen LogP) is 3.51. The van der Waals surface area contributed by atoms with Crippen LogP contribution in [-0.4, -0.2) is 4.98 Å². The van der Waals surface area contributed by atoms with Gasteiger partial charge in [-0.15, -0.1) is 0 Å². The third-order valence-corrected chi connectivity index (χ3v) is 3.34. The van der Waals surface area contributed by atoms with Crippen LogP contribution in [0.15, 0.2) is 30.5 Å². The molecular formula is C14H10F4N2. The van der Waals surface area contributed by atoms with Crippen molar-refractivity contribution in [1.82, 2.24) is 10.3 Å². The summed E-state index contributed by atoms with van der Waals surface area (Å²) >= 11 is 0. The highest BCUT2D eigenvalue weighted by Gasteiger charge is 2.35. The number of nitrogens with zero attached hydrogens (tertiary/aromatic N) is 1. The third kappa shape index (κ3) is 2.16. The molecule has 1 aliphatic heterocycles. The normalized spacial score (nSPS) is 14.4.